The van der Waals surface area contributed by atoms with Gasteiger partial charge in [0.25, 0.3) is 0 Å². The van der Waals surface area contributed by atoms with Gasteiger partial charge in [-0.25, -0.2) is 15.0 Å². The molecule has 0 saturated carbocycles. The zero-order valence-electron chi connectivity index (χ0n) is 8.74. The van der Waals surface area contributed by atoms with Gasteiger partial charge < -0.3 is 0 Å². The van der Waals surface area contributed by atoms with Crippen molar-refractivity contribution in [3.63, 3.8) is 0 Å². The monoisotopic (exact) mass is 209 g/mol. The van der Waals surface area contributed by atoms with Crippen LogP contribution < -0.4 is 0 Å². The van der Waals surface area contributed by atoms with Gasteiger partial charge in [-0.2, -0.15) is 0 Å². The average Bonchev–Trinajstić information content (AvgIpc) is 2.38. The second-order valence-corrected chi connectivity index (χ2v) is 3.13. The number of allylic oxidation sites excluding steroid dienone is 2. The molecule has 0 fully saturated rings. The van der Waals surface area contributed by atoms with E-state index in [4.69, 9.17) is 0 Å². The molecule has 2 rings (SSSR count). The lowest BCUT2D eigenvalue weighted by molar-refractivity contribution is 1.04. The summed E-state index contributed by atoms with van der Waals surface area (Å²) >= 11 is 0. The molecule has 1 heterocycles. The van der Waals surface area contributed by atoms with Crippen LogP contribution in [-0.4, -0.2) is 15.0 Å². The minimum Gasteiger partial charge on any atom is -0.217 e. The Labute approximate surface area is 94.2 Å². The van der Waals surface area contributed by atoms with Crippen LogP contribution in [0.15, 0.2) is 55.4 Å². The first-order chi connectivity index (χ1) is 7.90. The highest BCUT2D eigenvalue weighted by molar-refractivity contribution is 5.55. The van der Waals surface area contributed by atoms with E-state index >= 15 is 0 Å². The molecule has 1 aromatic heterocycles. The summed E-state index contributed by atoms with van der Waals surface area (Å²) in [5, 5.41) is 0. The Morgan fingerprint density at radius 1 is 1.06 bits per heavy atom. The van der Waals surface area contributed by atoms with E-state index in [-0.39, 0.29) is 0 Å². The molecule has 0 aliphatic rings. The first-order valence-corrected chi connectivity index (χ1v) is 4.94. The Balaban J connectivity index is 2.36. The van der Waals surface area contributed by atoms with Gasteiger partial charge in [0.15, 0.2) is 11.6 Å². The molecule has 16 heavy (non-hydrogen) atoms. The molecule has 0 saturated heterocycles. The van der Waals surface area contributed by atoms with Crippen LogP contribution in [0.1, 0.15) is 5.82 Å². The fourth-order valence-corrected chi connectivity index (χ4v) is 1.27. The van der Waals surface area contributed by atoms with Gasteiger partial charge in [0, 0.05) is 5.56 Å². The molecule has 1 aromatic carbocycles. The molecule has 0 bridgehead atoms. The predicted octanol–water partition coefficient (Wildman–Crippen LogP) is 2.74. The van der Waals surface area contributed by atoms with Crippen LogP contribution in [0.5, 0.6) is 0 Å². The minimum absolute atomic E-state index is 0.633. The third kappa shape index (κ3) is 2.39. The van der Waals surface area contributed by atoms with E-state index in [1.807, 2.05) is 30.3 Å². The highest BCUT2D eigenvalue weighted by Gasteiger charge is 2.00. The van der Waals surface area contributed by atoms with E-state index in [1.54, 1.807) is 18.2 Å². The Hall–Kier alpha value is -2.29. The first-order valence-electron chi connectivity index (χ1n) is 4.94. The molecular weight excluding hydrogens is 198 g/mol. The summed E-state index contributed by atoms with van der Waals surface area (Å²) in [5.41, 5.74) is 0.984. The number of nitrogens with zero attached hydrogens (tertiary/aromatic N) is 3. The zero-order chi connectivity index (χ0) is 11.2. The van der Waals surface area contributed by atoms with Gasteiger partial charge in [0.2, 0.25) is 0 Å². The van der Waals surface area contributed by atoms with Crippen molar-refractivity contribution < 1.29 is 0 Å². The molecule has 0 atom stereocenters. The van der Waals surface area contributed by atoms with Crippen molar-refractivity contribution in [3.05, 3.63) is 61.2 Å². The predicted molar refractivity (Wildman–Crippen MR) is 64.5 cm³/mol. The molecule has 3 nitrogen and oxygen atoms in total. The van der Waals surface area contributed by atoms with Crippen molar-refractivity contribution in [2.24, 2.45) is 0 Å². The van der Waals surface area contributed by atoms with Crippen molar-refractivity contribution in [2.75, 3.05) is 0 Å². The molecule has 3 heteroatoms. The number of hydrogen-bond donors (Lipinski definition) is 0. The average molecular weight is 209 g/mol. The van der Waals surface area contributed by atoms with Gasteiger partial charge in [-0.3, -0.25) is 0 Å². The number of rotatable bonds is 3. The SMILES string of the molecule is C=CC=Cc1ncnc(-c2ccccc2)n1. The molecule has 0 N–H and O–H groups in total. The zero-order valence-corrected chi connectivity index (χ0v) is 8.74. The van der Waals surface area contributed by atoms with Gasteiger partial charge in [-0.05, 0) is 6.08 Å². The van der Waals surface area contributed by atoms with Crippen LogP contribution in [0, 0.1) is 0 Å². The quantitative estimate of drug-likeness (QED) is 0.729. The van der Waals surface area contributed by atoms with Crippen LogP contribution in [0.4, 0.5) is 0 Å². The lowest BCUT2D eigenvalue weighted by Crippen LogP contribution is -1.93. The van der Waals surface area contributed by atoms with E-state index in [9.17, 15) is 0 Å². The standard InChI is InChI=1S/C13H11N3/c1-2-3-9-12-14-10-15-13(16-12)11-7-5-4-6-8-11/h2-10H,1H2. The van der Waals surface area contributed by atoms with Gasteiger partial charge in [0.1, 0.15) is 6.33 Å². The second-order valence-electron chi connectivity index (χ2n) is 3.13. The van der Waals surface area contributed by atoms with E-state index < -0.39 is 0 Å². The maximum Gasteiger partial charge on any atom is 0.163 e. The van der Waals surface area contributed by atoms with E-state index in [2.05, 4.69) is 21.5 Å². The number of aromatic nitrogens is 3. The topological polar surface area (TPSA) is 38.7 Å². The van der Waals surface area contributed by atoms with Gasteiger partial charge in [0.05, 0.1) is 0 Å². The minimum atomic E-state index is 0.633. The highest BCUT2D eigenvalue weighted by atomic mass is 15.0. The molecular formula is C13H11N3. The summed E-state index contributed by atoms with van der Waals surface area (Å²) in [4.78, 5) is 12.5. The number of benzene rings is 1. The second kappa shape index (κ2) is 4.98. The molecule has 0 aliphatic heterocycles. The highest BCUT2D eigenvalue weighted by Crippen LogP contribution is 2.12. The third-order valence-electron chi connectivity index (χ3n) is 2.00. The fourth-order valence-electron chi connectivity index (χ4n) is 1.27. The molecule has 0 unspecified atom stereocenters. The summed E-state index contributed by atoms with van der Waals surface area (Å²) < 4.78 is 0. The summed E-state index contributed by atoms with van der Waals surface area (Å²) in [6.07, 6.45) is 6.79. The van der Waals surface area contributed by atoms with Crippen molar-refractivity contribution in [1.29, 1.82) is 0 Å². The van der Waals surface area contributed by atoms with Gasteiger partial charge in [-0.1, -0.05) is 49.1 Å². The molecule has 0 radical (unpaired) electrons. The largest absolute Gasteiger partial charge is 0.217 e. The van der Waals surface area contributed by atoms with Crippen LogP contribution in [0.25, 0.3) is 17.5 Å². The Kier molecular flexibility index (Phi) is 3.18. The first kappa shape index (κ1) is 10.2. The Morgan fingerprint density at radius 3 is 2.62 bits per heavy atom. The summed E-state index contributed by atoms with van der Waals surface area (Å²) in [6, 6.07) is 9.81. The molecule has 0 aliphatic carbocycles. The fraction of sp³-hybridized carbons (Fsp3) is 0. The third-order valence-corrected chi connectivity index (χ3v) is 2.00. The molecule has 2 aromatic rings. The van der Waals surface area contributed by atoms with E-state index in [1.165, 1.54) is 6.33 Å². The smallest absolute Gasteiger partial charge is 0.163 e. The molecule has 0 amide bonds. The molecule has 78 valence electrons. The molecule has 0 spiro atoms. The van der Waals surface area contributed by atoms with Crippen LogP contribution >= 0.6 is 0 Å². The van der Waals surface area contributed by atoms with Crippen molar-refractivity contribution >= 4 is 6.08 Å². The van der Waals surface area contributed by atoms with E-state index in [0.717, 1.165) is 5.56 Å². The van der Waals surface area contributed by atoms with Gasteiger partial charge >= 0.3 is 0 Å². The van der Waals surface area contributed by atoms with Crippen LogP contribution in [0.2, 0.25) is 0 Å². The Morgan fingerprint density at radius 2 is 1.88 bits per heavy atom. The van der Waals surface area contributed by atoms with Gasteiger partial charge in [-0.15, -0.1) is 0 Å². The van der Waals surface area contributed by atoms with Crippen molar-refractivity contribution in [1.82, 2.24) is 15.0 Å². The van der Waals surface area contributed by atoms with Crippen molar-refractivity contribution in [2.45, 2.75) is 0 Å². The summed E-state index contributed by atoms with van der Waals surface area (Å²) in [5.74, 6) is 1.31. The van der Waals surface area contributed by atoms with Crippen LogP contribution in [-0.2, 0) is 0 Å². The summed E-state index contributed by atoms with van der Waals surface area (Å²) in [6.45, 7) is 3.60. The lowest BCUT2D eigenvalue weighted by atomic mass is 10.2. The maximum absolute atomic E-state index is 4.32. The van der Waals surface area contributed by atoms with E-state index in [0.29, 0.717) is 11.6 Å². The number of hydrogen-bond acceptors (Lipinski definition) is 3. The summed E-state index contributed by atoms with van der Waals surface area (Å²) in [7, 11) is 0. The Bertz CT molecular complexity index is 504. The maximum atomic E-state index is 4.32. The lowest BCUT2D eigenvalue weighted by Gasteiger charge is -1.99. The van der Waals surface area contributed by atoms with Crippen LogP contribution in [0.3, 0.4) is 0 Å². The van der Waals surface area contributed by atoms with Crippen molar-refractivity contribution in [3.8, 4) is 11.4 Å². The normalized spacial score (nSPS) is 10.5.